The van der Waals surface area contributed by atoms with E-state index in [-0.39, 0.29) is 29.7 Å². The van der Waals surface area contributed by atoms with Crippen molar-refractivity contribution in [1.82, 2.24) is 10.2 Å². The molecule has 6 nitrogen and oxygen atoms in total. The zero-order chi connectivity index (χ0) is 15.8. The molecule has 1 saturated carbocycles. The van der Waals surface area contributed by atoms with Crippen molar-refractivity contribution in [2.45, 2.75) is 58.8 Å². The first-order chi connectivity index (χ1) is 9.71. The highest BCUT2D eigenvalue weighted by atomic mass is 16.5. The van der Waals surface area contributed by atoms with Crippen LogP contribution in [0.3, 0.4) is 0 Å². The van der Waals surface area contributed by atoms with Gasteiger partial charge >= 0.3 is 12.0 Å². The van der Waals surface area contributed by atoms with Crippen molar-refractivity contribution < 1.29 is 19.4 Å². The number of nitrogens with one attached hydrogen (secondary N) is 1. The number of likely N-dealkylation sites (tertiary alicyclic amines) is 1. The van der Waals surface area contributed by atoms with E-state index in [2.05, 4.69) is 19.2 Å². The van der Waals surface area contributed by atoms with E-state index in [9.17, 15) is 9.59 Å². The molecule has 0 bridgehead atoms. The van der Waals surface area contributed by atoms with Crippen LogP contribution in [0.5, 0.6) is 0 Å². The first-order valence-corrected chi connectivity index (χ1v) is 7.65. The molecule has 0 aromatic rings. The summed E-state index contributed by atoms with van der Waals surface area (Å²) in [5.74, 6) is -1.25. The third-order valence-corrected chi connectivity index (χ3v) is 4.74. The van der Waals surface area contributed by atoms with E-state index in [1.165, 1.54) is 0 Å². The van der Waals surface area contributed by atoms with Crippen LogP contribution in [0.25, 0.3) is 0 Å². The van der Waals surface area contributed by atoms with Crippen LogP contribution < -0.4 is 5.32 Å². The number of carbonyl (C=O) groups excluding carboxylic acids is 1. The van der Waals surface area contributed by atoms with Crippen molar-refractivity contribution in [3.63, 3.8) is 0 Å². The van der Waals surface area contributed by atoms with E-state index in [4.69, 9.17) is 9.84 Å². The van der Waals surface area contributed by atoms with Crippen LogP contribution in [-0.2, 0) is 9.53 Å². The lowest BCUT2D eigenvalue weighted by Gasteiger charge is -2.52. The summed E-state index contributed by atoms with van der Waals surface area (Å²) in [6, 6.07) is -0.0718. The third kappa shape index (κ3) is 3.31. The number of amides is 2. The normalized spacial score (nSPS) is 31.1. The summed E-state index contributed by atoms with van der Waals surface area (Å²) in [6.45, 7) is 9.04. The standard InChI is InChI=1S/C15H26N2O4/c1-9(2)21-12-7-11(15(12,3)4)16-14(20)17-6-5-10(8-17)13(18)19/h9-12H,5-8H2,1-4H3,(H,16,20)(H,18,19). The molecular weight excluding hydrogens is 272 g/mol. The number of carbonyl (C=O) groups is 2. The van der Waals surface area contributed by atoms with Gasteiger partial charge in [-0.15, -0.1) is 0 Å². The van der Waals surface area contributed by atoms with Crippen molar-refractivity contribution in [2.75, 3.05) is 13.1 Å². The summed E-state index contributed by atoms with van der Waals surface area (Å²) < 4.78 is 5.84. The number of hydrogen-bond donors (Lipinski definition) is 2. The number of nitrogens with zero attached hydrogens (tertiary/aromatic N) is 1. The van der Waals surface area contributed by atoms with Gasteiger partial charge in [0.1, 0.15) is 0 Å². The topological polar surface area (TPSA) is 78.9 Å². The molecule has 6 heteroatoms. The summed E-state index contributed by atoms with van der Waals surface area (Å²) in [5.41, 5.74) is -0.0914. The molecule has 2 N–H and O–H groups in total. The van der Waals surface area contributed by atoms with Crippen LogP contribution in [0.15, 0.2) is 0 Å². The lowest BCUT2D eigenvalue weighted by Crippen LogP contribution is -2.63. The first kappa shape index (κ1) is 16.1. The van der Waals surface area contributed by atoms with Gasteiger partial charge in [0.15, 0.2) is 0 Å². The van der Waals surface area contributed by atoms with Crippen molar-refractivity contribution in [1.29, 1.82) is 0 Å². The number of hydrogen-bond acceptors (Lipinski definition) is 3. The van der Waals surface area contributed by atoms with Gasteiger partial charge in [0.05, 0.1) is 18.1 Å². The van der Waals surface area contributed by atoms with E-state index in [0.717, 1.165) is 6.42 Å². The maximum atomic E-state index is 12.2. The molecule has 3 unspecified atom stereocenters. The molecule has 3 atom stereocenters. The number of urea groups is 1. The zero-order valence-corrected chi connectivity index (χ0v) is 13.3. The summed E-state index contributed by atoms with van der Waals surface area (Å²) in [6.07, 6.45) is 1.69. The van der Waals surface area contributed by atoms with Gasteiger partial charge in [-0.1, -0.05) is 13.8 Å². The number of rotatable bonds is 4. The molecule has 2 fully saturated rings. The molecule has 120 valence electrons. The fourth-order valence-corrected chi connectivity index (χ4v) is 3.08. The predicted molar refractivity (Wildman–Crippen MR) is 78.0 cm³/mol. The summed E-state index contributed by atoms with van der Waals surface area (Å²) in [5, 5.41) is 12.0. The van der Waals surface area contributed by atoms with Gasteiger partial charge in [0, 0.05) is 24.5 Å². The minimum atomic E-state index is -0.820. The molecule has 21 heavy (non-hydrogen) atoms. The minimum Gasteiger partial charge on any atom is -0.481 e. The minimum absolute atomic E-state index is 0.0811. The Hall–Kier alpha value is -1.30. The maximum absolute atomic E-state index is 12.2. The number of carboxylic acid groups (broad SMARTS) is 1. The van der Waals surface area contributed by atoms with Gasteiger partial charge in [-0.2, -0.15) is 0 Å². The Bertz CT molecular complexity index is 422. The molecule has 1 saturated heterocycles. The van der Waals surface area contributed by atoms with Crippen LogP contribution in [0, 0.1) is 11.3 Å². The number of ether oxygens (including phenoxy) is 1. The van der Waals surface area contributed by atoms with Gasteiger partial charge in [0.2, 0.25) is 0 Å². The highest BCUT2D eigenvalue weighted by Crippen LogP contribution is 2.43. The Balaban J connectivity index is 1.83. The SMILES string of the molecule is CC(C)OC1CC(NC(=O)N2CCC(C(=O)O)C2)C1(C)C. The molecule has 2 rings (SSSR count). The Morgan fingerprint density at radius 2 is 2.05 bits per heavy atom. The smallest absolute Gasteiger partial charge is 0.317 e. The Morgan fingerprint density at radius 3 is 2.52 bits per heavy atom. The molecule has 2 aliphatic rings. The van der Waals surface area contributed by atoms with Crippen LogP contribution in [0.1, 0.15) is 40.5 Å². The first-order valence-electron chi connectivity index (χ1n) is 7.65. The van der Waals surface area contributed by atoms with Crippen LogP contribution in [0.4, 0.5) is 4.79 Å². The van der Waals surface area contributed by atoms with Gasteiger partial charge < -0.3 is 20.1 Å². The lowest BCUT2D eigenvalue weighted by molar-refractivity contribution is -0.141. The van der Waals surface area contributed by atoms with Gasteiger partial charge in [-0.05, 0) is 26.7 Å². The van der Waals surface area contributed by atoms with Crippen LogP contribution in [0.2, 0.25) is 0 Å². The number of aliphatic carboxylic acids is 1. The van der Waals surface area contributed by atoms with Gasteiger partial charge in [0.25, 0.3) is 0 Å². The lowest BCUT2D eigenvalue weighted by atomic mass is 9.64. The van der Waals surface area contributed by atoms with Gasteiger partial charge in [-0.25, -0.2) is 4.79 Å². The van der Waals surface area contributed by atoms with Crippen LogP contribution in [-0.4, -0.2) is 53.3 Å². The summed E-state index contributed by atoms with van der Waals surface area (Å²) in [4.78, 5) is 24.8. The van der Waals surface area contributed by atoms with Crippen molar-refractivity contribution in [3.05, 3.63) is 0 Å². The summed E-state index contributed by atoms with van der Waals surface area (Å²) in [7, 11) is 0. The van der Waals surface area contributed by atoms with E-state index in [1.807, 2.05) is 13.8 Å². The Morgan fingerprint density at radius 1 is 1.38 bits per heavy atom. The Kier molecular flexibility index (Phi) is 4.46. The molecule has 1 heterocycles. The molecule has 0 radical (unpaired) electrons. The average Bonchev–Trinajstić information content (AvgIpc) is 2.86. The van der Waals surface area contributed by atoms with Crippen molar-refractivity contribution in [3.8, 4) is 0 Å². The highest BCUT2D eigenvalue weighted by molar-refractivity contribution is 5.77. The molecule has 0 spiro atoms. The fraction of sp³-hybridized carbons (Fsp3) is 0.867. The highest BCUT2D eigenvalue weighted by Gasteiger charge is 2.50. The molecule has 0 aromatic carbocycles. The molecule has 1 aliphatic heterocycles. The molecular formula is C15H26N2O4. The molecule has 0 aromatic heterocycles. The van der Waals surface area contributed by atoms with Gasteiger partial charge in [-0.3, -0.25) is 4.79 Å². The van der Waals surface area contributed by atoms with Crippen molar-refractivity contribution >= 4 is 12.0 Å². The average molecular weight is 298 g/mol. The second kappa shape index (κ2) is 5.83. The maximum Gasteiger partial charge on any atom is 0.317 e. The third-order valence-electron chi connectivity index (χ3n) is 4.74. The molecule has 1 aliphatic carbocycles. The second-order valence-electron chi connectivity index (χ2n) is 7.00. The number of carboxylic acids is 1. The van der Waals surface area contributed by atoms with E-state index in [0.29, 0.717) is 19.5 Å². The molecule has 2 amide bonds. The fourth-order valence-electron chi connectivity index (χ4n) is 3.08. The summed E-state index contributed by atoms with van der Waals surface area (Å²) >= 11 is 0. The zero-order valence-electron chi connectivity index (χ0n) is 13.3. The monoisotopic (exact) mass is 298 g/mol. The Labute approximate surface area is 125 Å². The van der Waals surface area contributed by atoms with E-state index >= 15 is 0 Å². The van der Waals surface area contributed by atoms with E-state index in [1.54, 1.807) is 4.90 Å². The van der Waals surface area contributed by atoms with E-state index < -0.39 is 11.9 Å². The van der Waals surface area contributed by atoms with Crippen molar-refractivity contribution in [2.24, 2.45) is 11.3 Å². The quantitative estimate of drug-likeness (QED) is 0.828. The second-order valence-corrected chi connectivity index (χ2v) is 7.00. The largest absolute Gasteiger partial charge is 0.481 e. The van der Waals surface area contributed by atoms with Crippen LogP contribution >= 0.6 is 0 Å². The predicted octanol–water partition coefficient (Wildman–Crippen LogP) is 1.69.